The maximum Gasteiger partial charge on any atom is 0.252 e. The highest BCUT2D eigenvalue weighted by atomic mass is 19.2. The molecule has 2 rings (SSSR count). The van der Waals surface area contributed by atoms with Gasteiger partial charge in [-0.2, -0.15) is 0 Å². The number of rotatable bonds is 4. The van der Waals surface area contributed by atoms with E-state index in [0.717, 1.165) is 12.1 Å². The van der Waals surface area contributed by atoms with Gasteiger partial charge in [0.05, 0.1) is 11.7 Å². The van der Waals surface area contributed by atoms with E-state index < -0.39 is 23.6 Å². The van der Waals surface area contributed by atoms with Crippen molar-refractivity contribution in [3.63, 3.8) is 0 Å². The number of nitrogens with one attached hydrogen (secondary N) is 2. The minimum atomic E-state index is -1.17. The summed E-state index contributed by atoms with van der Waals surface area (Å²) in [6.07, 6.45) is 0.0635. The minimum Gasteiger partial charge on any atom is -0.387 e. The van der Waals surface area contributed by atoms with Crippen LogP contribution in [-0.4, -0.2) is 22.5 Å². The SMILES string of the molecule is O=C(NCC(O)c1ccc(F)c(F)c1)c1ccc(=O)[nH]c1. The lowest BCUT2D eigenvalue weighted by atomic mass is 10.1. The summed E-state index contributed by atoms with van der Waals surface area (Å²) in [4.78, 5) is 24.9. The Morgan fingerprint density at radius 2 is 2.00 bits per heavy atom. The van der Waals surface area contributed by atoms with Crippen molar-refractivity contribution in [3.05, 3.63) is 69.6 Å². The van der Waals surface area contributed by atoms with Crippen molar-refractivity contribution in [2.75, 3.05) is 6.54 Å². The monoisotopic (exact) mass is 294 g/mol. The van der Waals surface area contributed by atoms with Crippen molar-refractivity contribution in [2.24, 2.45) is 0 Å². The first-order valence-corrected chi connectivity index (χ1v) is 6.07. The smallest absolute Gasteiger partial charge is 0.252 e. The number of pyridine rings is 1. The van der Waals surface area contributed by atoms with Crippen LogP contribution in [-0.2, 0) is 0 Å². The second-order valence-corrected chi connectivity index (χ2v) is 4.34. The molecule has 1 unspecified atom stereocenters. The molecule has 0 aliphatic heterocycles. The van der Waals surface area contributed by atoms with E-state index in [1.54, 1.807) is 0 Å². The molecule has 7 heteroatoms. The number of carbonyl (C=O) groups excluding carboxylic acids is 1. The summed E-state index contributed by atoms with van der Waals surface area (Å²) in [6.45, 7) is -0.178. The molecule has 3 N–H and O–H groups in total. The summed E-state index contributed by atoms with van der Waals surface area (Å²) >= 11 is 0. The molecule has 5 nitrogen and oxygen atoms in total. The van der Waals surface area contributed by atoms with Crippen LogP contribution < -0.4 is 10.9 Å². The summed E-state index contributed by atoms with van der Waals surface area (Å²) in [5, 5.41) is 12.2. The second-order valence-electron chi connectivity index (χ2n) is 4.34. The Morgan fingerprint density at radius 1 is 1.24 bits per heavy atom. The van der Waals surface area contributed by atoms with E-state index in [-0.39, 0.29) is 23.2 Å². The lowest BCUT2D eigenvalue weighted by molar-refractivity contribution is 0.0915. The van der Waals surface area contributed by atoms with Gasteiger partial charge >= 0.3 is 0 Å². The normalized spacial score (nSPS) is 12.0. The zero-order chi connectivity index (χ0) is 15.4. The van der Waals surface area contributed by atoms with Gasteiger partial charge in [-0.25, -0.2) is 8.78 Å². The van der Waals surface area contributed by atoms with Crippen molar-refractivity contribution in [2.45, 2.75) is 6.10 Å². The number of amides is 1. The predicted octanol–water partition coefficient (Wildman–Crippen LogP) is 1.12. The zero-order valence-corrected chi connectivity index (χ0v) is 10.8. The third kappa shape index (κ3) is 3.73. The Morgan fingerprint density at radius 3 is 2.62 bits per heavy atom. The summed E-state index contributed by atoms with van der Waals surface area (Å²) < 4.78 is 25.8. The topological polar surface area (TPSA) is 82.2 Å². The fourth-order valence-electron chi connectivity index (χ4n) is 1.68. The van der Waals surface area contributed by atoms with Crippen LogP contribution in [0.4, 0.5) is 8.78 Å². The van der Waals surface area contributed by atoms with Gasteiger partial charge in [-0.3, -0.25) is 9.59 Å². The van der Waals surface area contributed by atoms with E-state index in [1.165, 1.54) is 24.4 Å². The highest BCUT2D eigenvalue weighted by Crippen LogP contribution is 2.15. The Bertz CT molecular complexity index is 695. The van der Waals surface area contributed by atoms with Gasteiger partial charge in [-0.05, 0) is 23.8 Å². The maximum absolute atomic E-state index is 13.0. The molecule has 21 heavy (non-hydrogen) atoms. The molecule has 0 spiro atoms. The molecule has 0 saturated heterocycles. The standard InChI is InChI=1S/C14H12F2N2O3/c15-10-3-1-8(5-11(10)16)12(19)7-18-14(21)9-2-4-13(20)17-6-9/h1-6,12,19H,7H2,(H,17,20)(H,18,21). The molecule has 110 valence electrons. The molecule has 0 saturated carbocycles. The van der Waals surface area contributed by atoms with E-state index >= 15 is 0 Å². The van der Waals surface area contributed by atoms with Gasteiger partial charge in [0.2, 0.25) is 5.56 Å². The fraction of sp³-hybridized carbons (Fsp3) is 0.143. The van der Waals surface area contributed by atoms with Crippen LogP contribution in [0.15, 0.2) is 41.3 Å². The first kappa shape index (κ1) is 14.9. The number of halogens is 2. The van der Waals surface area contributed by atoms with E-state index in [1.807, 2.05) is 0 Å². The predicted molar refractivity (Wildman–Crippen MR) is 70.7 cm³/mol. The number of hydrogen-bond acceptors (Lipinski definition) is 3. The lowest BCUT2D eigenvalue weighted by Gasteiger charge is -2.12. The second kappa shape index (κ2) is 6.27. The number of carbonyl (C=O) groups is 1. The average Bonchev–Trinajstić information content (AvgIpc) is 2.48. The molecule has 1 aromatic heterocycles. The number of aromatic amines is 1. The molecular weight excluding hydrogens is 282 g/mol. The van der Waals surface area contributed by atoms with Crippen LogP contribution in [0.2, 0.25) is 0 Å². The zero-order valence-electron chi connectivity index (χ0n) is 10.8. The van der Waals surface area contributed by atoms with Crippen LogP contribution in [0.5, 0.6) is 0 Å². The number of benzene rings is 1. The Balaban J connectivity index is 1.98. The van der Waals surface area contributed by atoms with Crippen molar-refractivity contribution >= 4 is 5.91 Å². The van der Waals surface area contributed by atoms with Gasteiger partial charge in [0.15, 0.2) is 11.6 Å². The first-order valence-electron chi connectivity index (χ1n) is 6.07. The molecule has 0 aliphatic rings. The molecule has 0 fully saturated rings. The van der Waals surface area contributed by atoms with Crippen LogP contribution in [0.3, 0.4) is 0 Å². The first-order chi connectivity index (χ1) is 9.97. The minimum absolute atomic E-state index is 0.149. The molecule has 2 aromatic rings. The molecular formula is C14H12F2N2O3. The van der Waals surface area contributed by atoms with Gasteiger partial charge < -0.3 is 15.4 Å². The molecule has 1 atom stereocenters. The molecule has 0 bridgehead atoms. The van der Waals surface area contributed by atoms with Gasteiger partial charge in [-0.15, -0.1) is 0 Å². The molecule has 0 radical (unpaired) electrons. The fourth-order valence-corrected chi connectivity index (χ4v) is 1.68. The maximum atomic E-state index is 13.0. The Hall–Kier alpha value is -2.54. The van der Waals surface area contributed by atoms with Crippen LogP contribution in [0, 0.1) is 11.6 Å². The van der Waals surface area contributed by atoms with Crippen LogP contribution in [0.25, 0.3) is 0 Å². The van der Waals surface area contributed by atoms with E-state index in [9.17, 15) is 23.5 Å². The Labute approximate surface area is 118 Å². The molecule has 0 aliphatic carbocycles. The lowest BCUT2D eigenvalue weighted by Crippen LogP contribution is -2.28. The number of aliphatic hydroxyl groups excluding tert-OH is 1. The van der Waals surface area contributed by atoms with Crippen LogP contribution >= 0.6 is 0 Å². The number of H-pyrrole nitrogens is 1. The van der Waals surface area contributed by atoms with E-state index in [0.29, 0.717) is 0 Å². The molecule has 1 amide bonds. The Kier molecular flexibility index (Phi) is 4.44. The summed E-state index contributed by atoms with van der Waals surface area (Å²) in [6, 6.07) is 5.53. The molecule has 1 heterocycles. The quantitative estimate of drug-likeness (QED) is 0.790. The number of aliphatic hydroxyl groups is 1. The van der Waals surface area contributed by atoms with Crippen molar-refractivity contribution < 1.29 is 18.7 Å². The highest BCUT2D eigenvalue weighted by molar-refractivity contribution is 5.93. The van der Waals surface area contributed by atoms with Crippen LogP contribution in [0.1, 0.15) is 22.0 Å². The third-order valence-electron chi connectivity index (χ3n) is 2.83. The van der Waals surface area contributed by atoms with Crippen molar-refractivity contribution in [1.29, 1.82) is 0 Å². The number of aromatic nitrogens is 1. The largest absolute Gasteiger partial charge is 0.387 e. The van der Waals surface area contributed by atoms with Gasteiger partial charge in [-0.1, -0.05) is 6.07 Å². The van der Waals surface area contributed by atoms with Gasteiger partial charge in [0.25, 0.3) is 5.91 Å². The van der Waals surface area contributed by atoms with Gasteiger partial charge in [0.1, 0.15) is 0 Å². The van der Waals surface area contributed by atoms with Crippen molar-refractivity contribution in [1.82, 2.24) is 10.3 Å². The average molecular weight is 294 g/mol. The summed E-state index contributed by atoms with van der Waals surface area (Å²) in [7, 11) is 0. The van der Waals surface area contributed by atoms with Crippen molar-refractivity contribution in [3.8, 4) is 0 Å². The highest BCUT2D eigenvalue weighted by Gasteiger charge is 2.13. The summed E-state index contributed by atoms with van der Waals surface area (Å²) in [5.74, 6) is -2.59. The number of hydrogen-bond donors (Lipinski definition) is 3. The van der Waals surface area contributed by atoms with E-state index in [2.05, 4.69) is 10.3 Å². The van der Waals surface area contributed by atoms with E-state index in [4.69, 9.17) is 0 Å². The third-order valence-corrected chi connectivity index (χ3v) is 2.83. The molecule has 1 aromatic carbocycles. The van der Waals surface area contributed by atoms with Gasteiger partial charge in [0, 0.05) is 18.8 Å². The summed E-state index contributed by atoms with van der Waals surface area (Å²) in [5.41, 5.74) is 0.0242.